The maximum Gasteiger partial charge on any atom is 0.141 e. The second-order valence-corrected chi connectivity index (χ2v) is 5.27. The smallest absolute Gasteiger partial charge is 0.141 e. The summed E-state index contributed by atoms with van der Waals surface area (Å²) < 4.78 is 17.4. The minimum Gasteiger partial charge on any atom is -0.496 e. The Bertz CT molecular complexity index is 744. The first-order valence-corrected chi connectivity index (χ1v) is 6.91. The maximum absolute atomic E-state index is 5.65. The molecule has 3 nitrogen and oxygen atoms in total. The average Bonchev–Trinajstić information content (AvgIpc) is 2.91. The standard InChI is InChI=1S/C16H13BrO3/c1-18-12-7-14(19-2)16-13(9-20-15(16)8-12)10-3-5-11(17)6-4-10/h3-9H,1-2H3. The highest BCUT2D eigenvalue weighted by atomic mass is 79.9. The van der Waals surface area contributed by atoms with Crippen LogP contribution >= 0.6 is 15.9 Å². The van der Waals surface area contributed by atoms with Crippen LogP contribution in [-0.2, 0) is 0 Å². The zero-order valence-corrected chi connectivity index (χ0v) is 12.7. The number of halogens is 1. The van der Waals surface area contributed by atoms with Crippen LogP contribution in [0.15, 0.2) is 51.6 Å². The fourth-order valence-corrected chi connectivity index (χ4v) is 2.49. The lowest BCUT2D eigenvalue weighted by Crippen LogP contribution is -1.88. The molecule has 0 saturated carbocycles. The van der Waals surface area contributed by atoms with Gasteiger partial charge in [0.1, 0.15) is 17.1 Å². The molecular weight excluding hydrogens is 320 g/mol. The topological polar surface area (TPSA) is 31.6 Å². The van der Waals surface area contributed by atoms with E-state index in [4.69, 9.17) is 13.9 Å². The van der Waals surface area contributed by atoms with Crippen molar-refractivity contribution in [2.45, 2.75) is 0 Å². The molecule has 0 bridgehead atoms. The minimum atomic E-state index is 0.714. The van der Waals surface area contributed by atoms with Gasteiger partial charge in [-0.3, -0.25) is 0 Å². The van der Waals surface area contributed by atoms with Crippen LogP contribution < -0.4 is 9.47 Å². The minimum absolute atomic E-state index is 0.714. The Hall–Kier alpha value is -1.94. The first-order valence-electron chi connectivity index (χ1n) is 6.12. The van der Waals surface area contributed by atoms with Crippen LogP contribution in [0, 0.1) is 0 Å². The van der Waals surface area contributed by atoms with Crippen molar-refractivity contribution in [1.29, 1.82) is 0 Å². The van der Waals surface area contributed by atoms with Gasteiger partial charge in [-0.25, -0.2) is 0 Å². The average molecular weight is 333 g/mol. The van der Waals surface area contributed by atoms with E-state index in [1.54, 1.807) is 20.5 Å². The van der Waals surface area contributed by atoms with Gasteiger partial charge in [0, 0.05) is 22.2 Å². The molecule has 0 unspecified atom stereocenters. The quantitative estimate of drug-likeness (QED) is 0.685. The van der Waals surface area contributed by atoms with E-state index in [1.807, 2.05) is 36.4 Å². The Morgan fingerprint density at radius 3 is 2.40 bits per heavy atom. The number of fused-ring (bicyclic) bond motifs is 1. The van der Waals surface area contributed by atoms with Gasteiger partial charge in [0.05, 0.1) is 25.9 Å². The summed E-state index contributed by atoms with van der Waals surface area (Å²) in [6.07, 6.45) is 1.75. The Kier molecular flexibility index (Phi) is 3.40. The third-order valence-electron chi connectivity index (χ3n) is 3.22. The Morgan fingerprint density at radius 2 is 1.75 bits per heavy atom. The van der Waals surface area contributed by atoms with Crippen LogP contribution in [0.1, 0.15) is 0 Å². The number of hydrogen-bond acceptors (Lipinski definition) is 3. The lowest BCUT2D eigenvalue weighted by Gasteiger charge is -2.07. The van der Waals surface area contributed by atoms with Crippen molar-refractivity contribution in [2.24, 2.45) is 0 Å². The largest absolute Gasteiger partial charge is 0.496 e. The maximum atomic E-state index is 5.65. The molecule has 0 fully saturated rings. The lowest BCUT2D eigenvalue weighted by molar-refractivity contribution is 0.397. The number of benzene rings is 2. The van der Waals surface area contributed by atoms with Gasteiger partial charge in [-0.2, -0.15) is 0 Å². The van der Waals surface area contributed by atoms with Crippen LogP contribution in [0.3, 0.4) is 0 Å². The molecule has 0 aliphatic rings. The number of hydrogen-bond donors (Lipinski definition) is 0. The first kappa shape index (κ1) is 13.1. The summed E-state index contributed by atoms with van der Waals surface area (Å²) in [6.45, 7) is 0. The third kappa shape index (κ3) is 2.16. The normalized spacial score (nSPS) is 10.8. The van der Waals surface area contributed by atoms with Crippen molar-refractivity contribution in [1.82, 2.24) is 0 Å². The SMILES string of the molecule is COc1cc(OC)c2c(-c3ccc(Br)cc3)coc2c1. The summed E-state index contributed by atoms with van der Waals surface area (Å²) in [5.41, 5.74) is 2.83. The van der Waals surface area contributed by atoms with Crippen molar-refractivity contribution in [3.05, 3.63) is 47.1 Å². The molecule has 0 spiro atoms. The van der Waals surface area contributed by atoms with Gasteiger partial charge in [-0.05, 0) is 17.7 Å². The zero-order valence-electron chi connectivity index (χ0n) is 11.1. The van der Waals surface area contributed by atoms with E-state index in [0.29, 0.717) is 5.75 Å². The number of furan rings is 1. The van der Waals surface area contributed by atoms with E-state index >= 15 is 0 Å². The molecule has 4 heteroatoms. The van der Waals surface area contributed by atoms with Crippen molar-refractivity contribution in [2.75, 3.05) is 14.2 Å². The van der Waals surface area contributed by atoms with E-state index in [9.17, 15) is 0 Å². The molecule has 1 aromatic heterocycles. The first-order chi connectivity index (χ1) is 9.72. The molecule has 3 rings (SSSR count). The Balaban J connectivity index is 2.24. The van der Waals surface area contributed by atoms with Gasteiger partial charge in [0.25, 0.3) is 0 Å². The van der Waals surface area contributed by atoms with Crippen molar-refractivity contribution >= 4 is 26.9 Å². The molecule has 0 radical (unpaired) electrons. The zero-order chi connectivity index (χ0) is 14.1. The van der Waals surface area contributed by atoms with E-state index in [1.165, 1.54) is 0 Å². The van der Waals surface area contributed by atoms with Crippen molar-refractivity contribution < 1.29 is 13.9 Å². The molecular formula is C16H13BrO3. The van der Waals surface area contributed by atoms with Crippen LogP contribution in [0.25, 0.3) is 22.1 Å². The van der Waals surface area contributed by atoms with E-state index in [0.717, 1.165) is 32.3 Å². The second-order valence-electron chi connectivity index (χ2n) is 4.36. The summed E-state index contributed by atoms with van der Waals surface area (Å²) in [7, 11) is 3.27. The molecule has 0 aliphatic carbocycles. The number of rotatable bonds is 3. The number of ether oxygens (including phenoxy) is 2. The molecule has 0 aliphatic heterocycles. The summed E-state index contributed by atoms with van der Waals surface area (Å²) >= 11 is 3.44. The predicted molar refractivity (Wildman–Crippen MR) is 82.5 cm³/mol. The van der Waals surface area contributed by atoms with Crippen LogP contribution in [0.4, 0.5) is 0 Å². The van der Waals surface area contributed by atoms with E-state index < -0.39 is 0 Å². The highest BCUT2D eigenvalue weighted by Gasteiger charge is 2.15. The van der Waals surface area contributed by atoms with Crippen molar-refractivity contribution in [3.63, 3.8) is 0 Å². The van der Waals surface area contributed by atoms with Crippen LogP contribution in [0.2, 0.25) is 0 Å². The second kappa shape index (κ2) is 5.21. The molecule has 2 aromatic carbocycles. The molecule has 0 N–H and O–H groups in total. The Labute approximate surface area is 125 Å². The highest BCUT2D eigenvalue weighted by molar-refractivity contribution is 9.10. The summed E-state index contributed by atoms with van der Waals surface area (Å²) in [4.78, 5) is 0. The molecule has 3 aromatic rings. The van der Waals surface area contributed by atoms with Crippen LogP contribution in [0.5, 0.6) is 11.5 Å². The summed E-state index contributed by atoms with van der Waals surface area (Å²) in [6, 6.07) is 11.8. The molecule has 20 heavy (non-hydrogen) atoms. The number of methoxy groups -OCH3 is 2. The van der Waals surface area contributed by atoms with Gasteiger partial charge in [0.15, 0.2) is 0 Å². The van der Waals surface area contributed by atoms with Crippen molar-refractivity contribution in [3.8, 4) is 22.6 Å². The fourth-order valence-electron chi connectivity index (χ4n) is 2.23. The van der Waals surface area contributed by atoms with Gasteiger partial charge >= 0.3 is 0 Å². The molecule has 0 saturated heterocycles. The van der Waals surface area contributed by atoms with Gasteiger partial charge in [0.2, 0.25) is 0 Å². The van der Waals surface area contributed by atoms with E-state index in [2.05, 4.69) is 15.9 Å². The molecule has 102 valence electrons. The third-order valence-corrected chi connectivity index (χ3v) is 3.75. The van der Waals surface area contributed by atoms with Gasteiger partial charge < -0.3 is 13.9 Å². The fraction of sp³-hybridized carbons (Fsp3) is 0.125. The van der Waals surface area contributed by atoms with Gasteiger partial charge in [-0.1, -0.05) is 28.1 Å². The molecule has 1 heterocycles. The Morgan fingerprint density at radius 1 is 1.00 bits per heavy atom. The highest BCUT2D eigenvalue weighted by Crippen LogP contribution is 2.39. The van der Waals surface area contributed by atoms with E-state index in [-0.39, 0.29) is 0 Å². The predicted octanol–water partition coefficient (Wildman–Crippen LogP) is 4.88. The lowest BCUT2D eigenvalue weighted by atomic mass is 10.0. The molecule has 0 atom stereocenters. The van der Waals surface area contributed by atoms with Crippen LogP contribution in [-0.4, -0.2) is 14.2 Å². The molecule has 0 amide bonds. The monoisotopic (exact) mass is 332 g/mol. The van der Waals surface area contributed by atoms with Gasteiger partial charge in [-0.15, -0.1) is 0 Å². The summed E-state index contributed by atoms with van der Waals surface area (Å²) in [5.74, 6) is 1.46. The summed E-state index contributed by atoms with van der Waals surface area (Å²) in [5, 5.41) is 0.954.